The lowest BCUT2D eigenvalue weighted by atomic mass is 9.92. The predicted molar refractivity (Wildman–Crippen MR) is 162 cm³/mol. The zero-order valence-electron chi connectivity index (χ0n) is 22.5. The first kappa shape index (κ1) is 26.4. The standard InChI is InChI=1S/C35H29NO4/c1-5-24-9-8-10-25-12-21-30-31(22-11-23(4)34(30)35(24)25)36(26-13-17-28(18-14-26)39-32(37)6-2)27-15-19-29(20-16-27)40-33(38)7-3/h6-22H,2-3,5H2,1,4H3. The number of hydrogen-bond donors (Lipinski definition) is 0. The normalized spacial score (nSPS) is 10.8. The first-order valence-electron chi connectivity index (χ1n) is 13.1. The number of anilines is 3. The Bertz CT molecular complexity index is 1690. The average molecular weight is 528 g/mol. The van der Waals surface area contributed by atoms with Crippen LogP contribution in [0.3, 0.4) is 0 Å². The van der Waals surface area contributed by atoms with Crippen molar-refractivity contribution in [1.29, 1.82) is 0 Å². The molecule has 5 aromatic carbocycles. The largest absolute Gasteiger partial charge is 0.423 e. The van der Waals surface area contributed by atoms with Crippen molar-refractivity contribution < 1.29 is 19.1 Å². The summed E-state index contributed by atoms with van der Waals surface area (Å²) in [5, 5.41) is 4.80. The van der Waals surface area contributed by atoms with Gasteiger partial charge >= 0.3 is 11.9 Å². The monoisotopic (exact) mass is 527 g/mol. The Morgan fingerprint density at radius 3 is 1.82 bits per heavy atom. The van der Waals surface area contributed by atoms with Gasteiger partial charge in [0.2, 0.25) is 0 Å². The van der Waals surface area contributed by atoms with Crippen LogP contribution in [0.25, 0.3) is 21.5 Å². The molecule has 0 aliphatic rings. The van der Waals surface area contributed by atoms with E-state index in [4.69, 9.17) is 9.47 Å². The minimum Gasteiger partial charge on any atom is -0.423 e. The highest BCUT2D eigenvalue weighted by molar-refractivity contribution is 6.15. The van der Waals surface area contributed by atoms with Gasteiger partial charge in [0.15, 0.2) is 0 Å². The second kappa shape index (κ2) is 11.3. The summed E-state index contributed by atoms with van der Waals surface area (Å²) in [6.45, 7) is 11.3. The molecule has 0 aromatic heterocycles. The van der Waals surface area contributed by atoms with Gasteiger partial charge in [0.1, 0.15) is 11.5 Å². The van der Waals surface area contributed by atoms with Gasteiger partial charge in [-0.05, 0) is 95.2 Å². The molecule has 0 saturated heterocycles. The van der Waals surface area contributed by atoms with E-state index >= 15 is 0 Å². The van der Waals surface area contributed by atoms with Crippen molar-refractivity contribution in [3.05, 3.63) is 127 Å². The number of carbonyl (C=O) groups is 2. The maximum atomic E-state index is 11.7. The smallest absolute Gasteiger partial charge is 0.335 e. The van der Waals surface area contributed by atoms with Crippen LogP contribution in [0.15, 0.2) is 116 Å². The second-order valence-electron chi connectivity index (χ2n) is 9.33. The fourth-order valence-electron chi connectivity index (χ4n) is 5.01. The number of carbonyl (C=O) groups excluding carboxylic acids is 2. The molecule has 198 valence electrons. The van der Waals surface area contributed by atoms with Crippen LogP contribution in [0.1, 0.15) is 18.1 Å². The van der Waals surface area contributed by atoms with Crippen LogP contribution in [0.5, 0.6) is 11.5 Å². The van der Waals surface area contributed by atoms with Gasteiger partial charge in [-0.3, -0.25) is 0 Å². The van der Waals surface area contributed by atoms with E-state index in [-0.39, 0.29) is 0 Å². The number of fused-ring (bicyclic) bond motifs is 3. The van der Waals surface area contributed by atoms with E-state index in [1.807, 2.05) is 24.3 Å². The Balaban J connectivity index is 1.71. The summed E-state index contributed by atoms with van der Waals surface area (Å²) in [6, 6.07) is 29.7. The van der Waals surface area contributed by atoms with Crippen molar-refractivity contribution in [2.75, 3.05) is 4.90 Å². The highest BCUT2D eigenvalue weighted by Crippen LogP contribution is 2.43. The minimum absolute atomic E-state index is 0.424. The molecule has 0 aliphatic heterocycles. The summed E-state index contributed by atoms with van der Waals surface area (Å²) in [6.07, 6.45) is 3.20. The van der Waals surface area contributed by atoms with Crippen LogP contribution < -0.4 is 14.4 Å². The van der Waals surface area contributed by atoms with Gasteiger partial charge < -0.3 is 14.4 Å². The van der Waals surface area contributed by atoms with Crippen LogP contribution in [0.4, 0.5) is 17.1 Å². The number of benzene rings is 5. The molecule has 0 fully saturated rings. The highest BCUT2D eigenvalue weighted by atomic mass is 16.5. The number of ether oxygens (including phenoxy) is 2. The molecule has 5 heteroatoms. The number of rotatable bonds is 8. The lowest BCUT2D eigenvalue weighted by Crippen LogP contribution is -2.11. The third-order valence-electron chi connectivity index (χ3n) is 6.88. The summed E-state index contributed by atoms with van der Waals surface area (Å²) in [4.78, 5) is 25.6. The van der Waals surface area contributed by atoms with Crippen LogP contribution >= 0.6 is 0 Å². The lowest BCUT2D eigenvalue weighted by Gasteiger charge is -2.28. The summed E-state index contributed by atoms with van der Waals surface area (Å²) < 4.78 is 10.6. The number of aryl methyl sites for hydroxylation is 2. The van der Waals surface area contributed by atoms with Crippen molar-refractivity contribution >= 4 is 50.5 Å². The zero-order valence-corrected chi connectivity index (χ0v) is 22.5. The molecule has 0 N–H and O–H groups in total. The summed E-state index contributed by atoms with van der Waals surface area (Å²) in [5.74, 6) is -0.185. The van der Waals surface area contributed by atoms with E-state index in [2.05, 4.69) is 74.4 Å². The van der Waals surface area contributed by atoms with Crippen molar-refractivity contribution in [1.82, 2.24) is 0 Å². The Labute approximate surface area is 233 Å². The maximum Gasteiger partial charge on any atom is 0.335 e. The Morgan fingerprint density at radius 1 is 0.725 bits per heavy atom. The third kappa shape index (κ3) is 5.09. The molecule has 0 radical (unpaired) electrons. The molecule has 5 rings (SSSR count). The molecular formula is C35H29NO4. The van der Waals surface area contributed by atoms with E-state index in [9.17, 15) is 9.59 Å². The predicted octanol–water partition coefficient (Wildman–Crippen LogP) is 8.52. The minimum atomic E-state index is -0.516. The average Bonchev–Trinajstić information content (AvgIpc) is 2.99. The van der Waals surface area contributed by atoms with Crippen molar-refractivity contribution in [2.45, 2.75) is 20.3 Å². The quantitative estimate of drug-likeness (QED) is 0.0876. The molecule has 5 aromatic rings. The van der Waals surface area contributed by atoms with Crippen molar-refractivity contribution in [3.63, 3.8) is 0 Å². The molecule has 0 aliphatic carbocycles. The Kier molecular flexibility index (Phi) is 7.47. The van der Waals surface area contributed by atoms with E-state index in [0.29, 0.717) is 11.5 Å². The topological polar surface area (TPSA) is 55.8 Å². The van der Waals surface area contributed by atoms with Crippen LogP contribution in [-0.4, -0.2) is 11.9 Å². The molecule has 0 amide bonds. The van der Waals surface area contributed by atoms with E-state index in [1.165, 1.54) is 27.3 Å². The SMILES string of the molecule is C=CC(=O)Oc1ccc(N(c2ccc(OC(=O)C=C)cc2)c2ccc(C)c3c2ccc2cccc(CC)c23)cc1. The molecule has 0 saturated carbocycles. The van der Waals surface area contributed by atoms with Gasteiger partial charge in [-0.1, -0.05) is 56.5 Å². The first-order chi connectivity index (χ1) is 19.4. The number of hydrogen-bond acceptors (Lipinski definition) is 5. The third-order valence-corrected chi connectivity index (χ3v) is 6.88. The van der Waals surface area contributed by atoms with Gasteiger partial charge in [0.25, 0.3) is 0 Å². The van der Waals surface area contributed by atoms with Gasteiger partial charge in [0.05, 0.1) is 5.69 Å². The van der Waals surface area contributed by atoms with Crippen LogP contribution in [0, 0.1) is 6.92 Å². The Morgan fingerprint density at radius 2 is 1.30 bits per heavy atom. The molecule has 0 atom stereocenters. The maximum absolute atomic E-state index is 11.7. The van der Waals surface area contributed by atoms with Gasteiger partial charge in [-0.15, -0.1) is 0 Å². The fraction of sp³-hybridized carbons (Fsp3) is 0.0857. The number of nitrogens with zero attached hydrogens (tertiary/aromatic N) is 1. The Hall–Kier alpha value is -5.16. The fourth-order valence-corrected chi connectivity index (χ4v) is 5.01. The molecule has 40 heavy (non-hydrogen) atoms. The molecular weight excluding hydrogens is 498 g/mol. The summed E-state index contributed by atoms with van der Waals surface area (Å²) >= 11 is 0. The van der Waals surface area contributed by atoms with Crippen molar-refractivity contribution in [3.8, 4) is 11.5 Å². The summed E-state index contributed by atoms with van der Waals surface area (Å²) in [7, 11) is 0. The second-order valence-corrected chi connectivity index (χ2v) is 9.33. The molecule has 0 heterocycles. The van der Waals surface area contributed by atoms with Gasteiger partial charge in [0, 0.05) is 28.9 Å². The molecule has 0 spiro atoms. The summed E-state index contributed by atoms with van der Waals surface area (Å²) in [5.41, 5.74) is 5.21. The van der Waals surface area contributed by atoms with Crippen LogP contribution in [0.2, 0.25) is 0 Å². The van der Waals surface area contributed by atoms with Crippen LogP contribution in [-0.2, 0) is 16.0 Å². The van der Waals surface area contributed by atoms with E-state index < -0.39 is 11.9 Å². The highest BCUT2D eigenvalue weighted by Gasteiger charge is 2.19. The van der Waals surface area contributed by atoms with E-state index in [1.54, 1.807) is 24.3 Å². The lowest BCUT2D eigenvalue weighted by molar-refractivity contribution is -0.129. The number of esters is 2. The first-order valence-corrected chi connectivity index (χ1v) is 13.1. The van der Waals surface area contributed by atoms with E-state index in [0.717, 1.165) is 41.0 Å². The molecule has 0 unspecified atom stereocenters. The molecule has 5 nitrogen and oxygen atoms in total. The zero-order chi connectivity index (χ0) is 28.2. The van der Waals surface area contributed by atoms with Crippen molar-refractivity contribution in [2.24, 2.45) is 0 Å². The van der Waals surface area contributed by atoms with Gasteiger partial charge in [-0.2, -0.15) is 0 Å². The molecule has 0 bridgehead atoms. The van der Waals surface area contributed by atoms with Gasteiger partial charge in [-0.25, -0.2) is 9.59 Å².